The minimum absolute atomic E-state index is 0.0622. The van der Waals surface area contributed by atoms with Gasteiger partial charge in [-0.1, -0.05) is 13.0 Å². The van der Waals surface area contributed by atoms with E-state index in [1.807, 2.05) is 6.92 Å². The zero-order chi connectivity index (χ0) is 14.2. The highest BCUT2D eigenvalue weighted by molar-refractivity contribution is 5.98. The number of nitrogens with two attached hydrogens (primary N) is 1. The summed E-state index contributed by atoms with van der Waals surface area (Å²) in [6, 6.07) is 4.51. The van der Waals surface area contributed by atoms with E-state index in [2.05, 4.69) is 0 Å². The van der Waals surface area contributed by atoms with E-state index < -0.39 is 4.92 Å². The number of aryl methyl sites for hydroxylation is 1. The van der Waals surface area contributed by atoms with Crippen molar-refractivity contribution in [2.45, 2.75) is 19.9 Å². The number of rotatable bonds is 2. The van der Waals surface area contributed by atoms with Crippen molar-refractivity contribution in [2.75, 3.05) is 13.1 Å². The van der Waals surface area contributed by atoms with Crippen molar-refractivity contribution in [3.8, 4) is 0 Å². The minimum atomic E-state index is -0.522. The van der Waals surface area contributed by atoms with E-state index in [4.69, 9.17) is 5.73 Å². The normalized spacial score (nSPS) is 22.6. The molecule has 0 aromatic heterocycles. The fraction of sp³-hybridized carbons (Fsp3) is 0.462. The summed E-state index contributed by atoms with van der Waals surface area (Å²) >= 11 is 0. The number of hydrogen-bond donors (Lipinski definition) is 1. The first-order valence-corrected chi connectivity index (χ1v) is 6.20. The average molecular weight is 263 g/mol. The Bertz CT molecular complexity index is 520. The molecular weight excluding hydrogens is 246 g/mol. The third kappa shape index (κ3) is 2.58. The van der Waals surface area contributed by atoms with E-state index in [0.29, 0.717) is 13.1 Å². The lowest BCUT2D eigenvalue weighted by Crippen LogP contribution is -2.32. The van der Waals surface area contributed by atoms with Crippen LogP contribution in [0.4, 0.5) is 5.69 Å². The number of nitro groups is 1. The Morgan fingerprint density at radius 1 is 1.47 bits per heavy atom. The Balaban J connectivity index is 2.33. The molecule has 1 aliphatic rings. The molecule has 1 amide bonds. The number of carbonyl (C=O) groups excluding carboxylic acids is 1. The maximum Gasteiger partial charge on any atom is 0.282 e. The molecule has 2 atom stereocenters. The predicted octanol–water partition coefficient (Wildman–Crippen LogP) is 1.32. The molecule has 2 N–H and O–H groups in total. The van der Waals surface area contributed by atoms with Gasteiger partial charge in [0.25, 0.3) is 11.6 Å². The molecule has 0 spiro atoms. The van der Waals surface area contributed by atoms with Crippen LogP contribution in [0.15, 0.2) is 18.2 Å². The Hall–Kier alpha value is -1.95. The van der Waals surface area contributed by atoms with Crippen molar-refractivity contribution >= 4 is 11.6 Å². The zero-order valence-electron chi connectivity index (χ0n) is 11.0. The highest BCUT2D eigenvalue weighted by atomic mass is 16.6. The summed E-state index contributed by atoms with van der Waals surface area (Å²) < 4.78 is 0. The zero-order valence-corrected chi connectivity index (χ0v) is 11.0. The van der Waals surface area contributed by atoms with Crippen LogP contribution in [0.2, 0.25) is 0 Å². The second-order valence-electron chi connectivity index (χ2n) is 5.13. The van der Waals surface area contributed by atoms with Crippen LogP contribution >= 0.6 is 0 Å². The van der Waals surface area contributed by atoms with Crippen LogP contribution in [0.25, 0.3) is 0 Å². The molecule has 102 valence electrons. The molecule has 1 aromatic rings. The van der Waals surface area contributed by atoms with Gasteiger partial charge in [0.2, 0.25) is 0 Å². The summed E-state index contributed by atoms with van der Waals surface area (Å²) in [5, 5.41) is 11.0. The first kappa shape index (κ1) is 13.5. The number of likely N-dealkylation sites (tertiary alicyclic amines) is 1. The molecule has 1 fully saturated rings. The number of carbonyl (C=O) groups is 1. The lowest BCUT2D eigenvalue weighted by atomic mass is 10.1. The van der Waals surface area contributed by atoms with E-state index >= 15 is 0 Å². The van der Waals surface area contributed by atoms with Crippen LogP contribution in [-0.2, 0) is 0 Å². The number of hydrogen-bond acceptors (Lipinski definition) is 4. The second-order valence-corrected chi connectivity index (χ2v) is 5.13. The molecule has 1 aromatic carbocycles. The Morgan fingerprint density at radius 3 is 2.68 bits per heavy atom. The second kappa shape index (κ2) is 4.97. The van der Waals surface area contributed by atoms with Crippen LogP contribution in [0.3, 0.4) is 0 Å². The minimum Gasteiger partial charge on any atom is -0.337 e. The van der Waals surface area contributed by atoms with Crippen LogP contribution < -0.4 is 5.73 Å². The summed E-state index contributed by atoms with van der Waals surface area (Å²) in [5.41, 5.74) is 6.70. The standard InChI is InChI=1S/C13H17N3O3/c1-8-3-4-12(16(18)19)10(5-8)13(17)15-6-9(2)11(14)7-15/h3-5,9,11H,6-7,14H2,1-2H3. The van der Waals surface area contributed by atoms with Gasteiger partial charge < -0.3 is 10.6 Å². The first-order valence-electron chi connectivity index (χ1n) is 6.20. The van der Waals surface area contributed by atoms with E-state index in [-0.39, 0.29) is 29.1 Å². The van der Waals surface area contributed by atoms with Crippen LogP contribution in [0, 0.1) is 23.0 Å². The Kier molecular flexibility index (Phi) is 3.53. The average Bonchev–Trinajstić information content (AvgIpc) is 2.68. The summed E-state index contributed by atoms with van der Waals surface area (Å²) in [6.07, 6.45) is 0. The van der Waals surface area contributed by atoms with Crippen molar-refractivity contribution in [3.63, 3.8) is 0 Å². The molecule has 19 heavy (non-hydrogen) atoms. The predicted molar refractivity (Wildman–Crippen MR) is 70.9 cm³/mol. The maximum atomic E-state index is 12.4. The van der Waals surface area contributed by atoms with Gasteiger partial charge in [0.15, 0.2) is 0 Å². The van der Waals surface area contributed by atoms with Crippen LogP contribution in [0.1, 0.15) is 22.8 Å². The molecule has 1 aliphatic heterocycles. The highest BCUT2D eigenvalue weighted by Crippen LogP contribution is 2.24. The van der Waals surface area contributed by atoms with Crippen molar-refractivity contribution in [2.24, 2.45) is 11.7 Å². The first-order chi connectivity index (χ1) is 8.90. The summed E-state index contributed by atoms with van der Waals surface area (Å²) in [5.74, 6) is -0.0944. The molecule has 1 saturated heterocycles. The van der Waals surface area contributed by atoms with Crippen LogP contribution in [0.5, 0.6) is 0 Å². The Labute approximate surface area is 111 Å². The fourth-order valence-electron chi connectivity index (χ4n) is 2.31. The molecule has 0 aliphatic carbocycles. The van der Waals surface area contributed by atoms with Crippen molar-refractivity contribution in [1.82, 2.24) is 4.90 Å². The van der Waals surface area contributed by atoms with Gasteiger partial charge in [0.1, 0.15) is 5.56 Å². The van der Waals surface area contributed by atoms with Gasteiger partial charge in [-0.2, -0.15) is 0 Å². The summed E-state index contributed by atoms with van der Waals surface area (Å²) in [7, 11) is 0. The molecule has 6 nitrogen and oxygen atoms in total. The molecule has 0 saturated carbocycles. The lowest BCUT2D eigenvalue weighted by molar-refractivity contribution is -0.385. The molecule has 2 unspecified atom stereocenters. The molecule has 0 radical (unpaired) electrons. The third-order valence-electron chi connectivity index (χ3n) is 3.54. The summed E-state index contributed by atoms with van der Waals surface area (Å²) in [4.78, 5) is 24.4. The quantitative estimate of drug-likeness (QED) is 0.643. The topological polar surface area (TPSA) is 89.5 Å². The number of benzene rings is 1. The van der Waals surface area contributed by atoms with Gasteiger partial charge in [0.05, 0.1) is 4.92 Å². The number of nitro benzene ring substituents is 1. The van der Waals surface area contributed by atoms with Crippen molar-refractivity contribution in [3.05, 3.63) is 39.4 Å². The monoisotopic (exact) mass is 263 g/mol. The molecule has 6 heteroatoms. The molecule has 2 rings (SSSR count). The lowest BCUT2D eigenvalue weighted by Gasteiger charge is -2.16. The van der Waals surface area contributed by atoms with E-state index in [0.717, 1.165) is 5.56 Å². The van der Waals surface area contributed by atoms with Crippen LogP contribution in [-0.4, -0.2) is 34.9 Å². The van der Waals surface area contributed by atoms with E-state index in [1.54, 1.807) is 24.0 Å². The van der Waals surface area contributed by atoms with Gasteiger partial charge in [0, 0.05) is 25.2 Å². The van der Waals surface area contributed by atoms with Crippen molar-refractivity contribution < 1.29 is 9.72 Å². The molecular formula is C13H17N3O3. The largest absolute Gasteiger partial charge is 0.337 e. The smallest absolute Gasteiger partial charge is 0.282 e. The number of nitrogens with zero attached hydrogens (tertiary/aromatic N) is 2. The fourth-order valence-corrected chi connectivity index (χ4v) is 2.31. The number of amides is 1. The third-order valence-corrected chi connectivity index (χ3v) is 3.54. The van der Waals surface area contributed by atoms with E-state index in [9.17, 15) is 14.9 Å². The Morgan fingerprint density at radius 2 is 2.16 bits per heavy atom. The van der Waals surface area contributed by atoms with Gasteiger partial charge in [-0.25, -0.2) is 0 Å². The highest BCUT2D eigenvalue weighted by Gasteiger charge is 2.33. The van der Waals surface area contributed by atoms with Gasteiger partial charge in [-0.3, -0.25) is 14.9 Å². The molecule has 0 bridgehead atoms. The maximum absolute atomic E-state index is 12.4. The van der Waals surface area contributed by atoms with Crippen molar-refractivity contribution in [1.29, 1.82) is 0 Å². The van der Waals surface area contributed by atoms with Gasteiger partial charge in [-0.05, 0) is 24.5 Å². The SMILES string of the molecule is Cc1ccc([N+](=O)[O-])c(C(=O)N2CC(C)C(N)C2)c1. The van der Waals surface area contributed by atoms with Gasteiger partial charge >= 0.3 is 0 Å². The van der Waals surface area contributed by atoms with Gasteiger partial charge in [-0.15, -0.1) is 0 Å². The summed E-state index contributed by atoms with van der Waals surface area (Å²) in [6.45, 7) is 4.78. The molecule has 1 heterocycles. The van der Waals surface area contributed by atoms with E-state index in [1.165, 1.54) is 6.07 Å².